The van der Waals surface area contributed by atoms with Gasteiger partial charge in [-0.25, -0.2) is 4.39 Å². The van der Waals surface area contributed by atoms with E-state index < -0.39 is 11.9 Å². The van der Waals surface area contributed by atoms with Crippen LogP contribution in [0.3, 0.4) is 0 Å². The van der Waals surface area contributed by atoms with Gasteiger partial charge in [0.2, 0.25) is 0 Å². The Kier molecular flexibility index (Phi) is 5.17. The maximum atomic E-state index is 13.8. The van der Waals surface area contributed by atoms with Crippen LogP contribution in [0.5, 0.6) is 17.2 Å². The third-order valence-electron chi connectivity index (χ3n) is 2.96. The first-order valence-electron chi connectivity index (χ1n) is 6.99. The van der Waals surface area contributed by atoms with Gasteiger partial charge in [-0.2, -0.15) is 0 Å². The number of aliphatic hydroxyl groups excluding tert-OH is 1. The van der Waals surface area contributed by atoms with Gasteiger partial charge in [-0.15, -0.1) is 0 Å². The van der Waals surface area contributed by atoms with Gasteiger partial charge in [-0.3, -0.25) is 0 Å². The van der Waals surface area contributed by atoms with Crippen molar-refractivity contribution in [3.05, 3.63) is 53.8 Å². The molecule has 0 saturated heterocycles. The minimum Gasteiger partial charge on any atom is -0.490 e. The molecule has 0 bridgehead atoms. The maximum Gasteiger partial charge on any atom is 0.169 e. The lowest BCUT2D eigenvalue weighted by molar-refractivity contribution is 0.190. The largest absolute Gasteiger partial charge is 0.490 e. The van der Waals surface area contributed by atoms with Crippen LogP contribution in [0.2, 0.25) is 0 Å². The minimum atomic E-state index is -0.954. The first-order chi connectivity index (χ1) is 10.1. The van der Waals surface area contributed by atoms with Crippen molar-refractivity contribution in [1.29, 1.82) is 0 Å². The Morgan fingerprint density at radius 1 is 1.05 bits per heavy atom. The molecule has 0 radical (unpaired) electrons. The van der Waals surface area contributed by atoms with Crippen LogP contribution in [0.1, 0.15) is 31.9 Å². The van der Waals surface area contributed by atoms with E-state index in [2.05, 4.69) is 0 Å². The molecule has 21 heavy (non-hydrogen) atoms. The molecule has 0 heterocycles. The summed E-state index contributed by atoms with van der Waals surface area (Å²) in [6.07, 6.45) is -0.0716. The zero-order chi connectivity index (χ0) is 15.2. The fourth-order valence-corrected chi connectivity index (χ4v) is 2.00. The number of rotatable bonds is 6. The zero-order valence-electron chi connectivity index (χ0n) is 12.2. The molecule has 112 valence electrons. The highest BCUT2D eigenvalue weighted by Crippen LogP contribution is 2.36. The van der Waals surface area contributed by atoms with Gasteiger partial charge in [0.05, 0.1) is 18.3 Å². The SMILES string of the molecule is CCCOc1ccccc1Oc1cccc(F)c1[C@@H](C)O. The molecule has 2 rings (SSSR count). The first-order valence-corrected chi connectivity index (χ1v) is 6.99. The van der Waals surface area contributed by atoms with E-state index in [0.29, 0.717) is 18.1 Å². The van der Waals surface area contributed by atoms with Crippen molar-refractivity contribution in [2.24, 2.45) is 0 Å². The van der Waals surface area contributed by atoms with Crippen molar-refractivity contribution in [3.63, 3.8) is 0 Å². The van der Waals surface area contributed by atoms with Crippen LogP contribution in [-0.2, 0) is 0 Å². The zero-order valence-corrected chi connectivity index (χ0v) is 12.2. The van der Waals surface area contributed by atoms with Crippen molar-refractivity contribution >= 4 is 0 Å². The smallest absolute Gasteiger partial charge is 0.169 e. The van der Waals surface area contributed by atoms with Crippen molar-refractivity contribution < 1.29 is 19.0 Å². The summed E-state index contributed by atoms with van der Waals surface area (Å²) in [7, 11) is 0. The topological polar surface area (TPSA) is 38.7 Å². The van der Waals surface area contributed by atoms with Crippen LogP contribution >= 0.6 is 0 Å². The number of halogens is 1. The Labute approximate surface area is 124 Å². The van der Waals surface area contributed by atoms with Crippen LogP contribution in [0.4, 0.5) is 4.39 Å². The lowest BCUT2D eigenvalue weighted by Gasteiger charge is -2.16. The molecule has 1 atom stereocenters. The summed E-state index contributed by atoms with van der Waals surface area (Å²) in [5.74, 6) is 0.894. The second-order valence-electron chi connectivity index (χ2n) is 4.72. The van der Waals surface area contributed by atoms with Gasteiger partial charge >= 0.3 is 0 Å². The third kappa shape index (κ3) is 3.73. The molecule has 3 nitrogen and oxygen atoms in total. The molecular formula is C17H19FO3. The van der Waals surface area contributed by atoms with E-state index >= 15 is 0 Å². The summed E-state index contributed by atoms with van der Waals surface area (Å²) < 4.78 is 25.2. The molecule has 0 aromatic heterocycles. The molecule has 0 spiro atoms. The van der Waals surface area contributed by atoms with Crippen LogP contribution in [0, 0.1) is 5.82 Å². The van der Waals surface area contributed by atoms with Crippen LogP contribution in [-0.4, -0.2) is 11.7 Å². The van der Waals surface area contributed by atoms with Crippen LogP contribution < -0.4 is 9.47 Å². The summed E-state index contributed by atoms with van der Waals surface area (Å²) in [5.41, 5.74) is 0.141. The second-order valence-corrected chi connectivity index (χ2v) is 4.72. The quantitative estimate of drug-likeness (QED) is 0.853. The van der Waals surface area contributed by atoms with Gasteiger partial charge in [-0.1, -0.05) is 25.1 Å². The van der Waals surface area contributed by atoms with E-state index in [1.807, 2.05) is 19.1 Å². The summed E-state index contributed by atoms with van der Waals surface area (Å²) in [5, 5.41) is 9.72. The van der Waals surface area contributed by atoms with E-state index in [1.165, 1.54) is 13.0 Å². The highest BCUT2D eigenvalue weighted by Gasteiger charge is 2.16. The Bertz CT molecular complexity index is 596. The van der Waals surface area contributed by atoms with Gasteiger partial charge in [0, 0.05) is 0 Å². The lowest BCUT2D eigenvalue weighted by atomic mass is 10.1. The number of para-hydroxylation sites is 2. The number of hydrogen-bond acceptors (Lipinski definition) is 3. The first kappa shape index (κ1) is 15.3. The summed E-state index contributed by atoms with van der Waals surface area (Å²) in [4.78, 5) is 0. The Morgan fingerprint density at radius 3 is 2.38 bits per heavy atom. The van der Waals surface area contributed by atoms with Crippen molar-refractivity contribution in [3.8, 4) is 17.2 Å². The Hall–Kier alpha value is -2.07. The molecule has 2 aromatic rings. The van der Waals surface area contributed by atoms with Crippen LogP contribution in [0.25, 0.3) is 0 Å². The lowest BCUT2D eigenvalue weighted by Crippen LogP contribution is -2.01. The number of ether oxygens (including phenoxy) is 2. The Morgan fingerprint density at radius 2 is 1.71 bits per heavy atom. The predicted molar refractivity (Wildman–Crippen MR) is 79.3 cm³/mol. The molecule has 0 fully saturated rings. The molecule has 2 aromatic carbocycles. The minimum absolute atomic E-state index is 0.141. The van der Waals surface area contributed by atoms with E-state index in [0.717, 1.165) is 6.42 Å². The molecule has 4 heteroatoms. The average molecular weight is 290 g/mol. The maximum absolute atomic E-state index is 13.8. The summed E-state index contributed by atoms with van der Waals surface area (Å²) >= 11 is 0. The Balaban J connectivity index is 2.32. The normalized spacial score (nSPS) is 12.0. The predicted octanol–water partition coefficient (Wildman–Crippen LogP) is 4.46. The van der Waals surface area contributed by atoms with Gasteiger partial charge < -0.3 is 14.6 Å². The van der Waals surface area contributed by atoms with Gasteiger partial charge in [-0.05, 0) is 37.6 Å². The highest BCUT2D eigenvalue weighted by atomic mass is 19.1. The highest BCUT2D eigenvalue weighted by molar-refractivity contribution is 5.45. The number of aliphatic hydroxyl groups is 1. The van der Waals surface area contributed by atoms with Crippen LogP contribution in [0.15, 0.2) is 42.5 Å². The number of benzene rings is 2. The molecule has 1 N–H and O–H groups in total. The second kappa shape index (κ2) is 7.09. The monoisotopic (exact) mass is 290 g/mol. The van der Waals surface area contributed by atoms with E-state index in [1.54, 1.807) is 24.3 Å². The average Bonchev–Trinajstić information content (AvgIpc) is 2.46. The molecule has 0 saturated carbocycles. The van der Waals surface area contributed by atoms with Gasteiger partial charge in [0.1, 0.15) is 11.6 Å². The summed E-state index contributed by atoms with van der Waals surface area (Å²) in [6, 6.07) is 11.7. The van der Waals surface area contributed by atoms with E-state index in [9.17, 15) is 9.50 Å². The van der Waals surface area contributed by atoms with Crippen molar-refractivity contribution in [2.45, 2.75) is 26.4 Å². The third-order valence-corrected chi connectivity index (χ3v) is 2.96. The fraction of sp³-hybridized carbons (Fsp3) is 0.294. The van der Waals surface area contributed by atoms with Crippen molar-refractivity contribution in [2.75, 3.05) is 6.61 Å². The van der Waals surface area contributed by atoms with Crippen molar-refractivity contribution in [1.82, 2.24) is 0 Å². The molecule has 0 aliphatic rings. The molecule has 0 aliphatic heterocycles. The standard InChI is InChI=1S/C17H19FO3/c1-3-11-20-14-8-4-5-9-15(14)21-16-10-6-7-13(18)17(16)12(2)19/h4-10,12,19H,3,11H2,1-2H3/t12-/m1/s1. The molecular weight excluding hydrogens is 271 g/mol. The molecule has 0 unspecified atom stereocenters. The van der Waals surface area contributed by atoms with Gasteiger partial charge in [0.15, 0.2) is 11.5 Å². The summed E-state index contributed by atoms with van der Waals surface area (Å²) in [6.45, 7) is 4.10. The van der Waals surface area contributed by atoms with E-state index in [4.69, 9.17) is 9.47 Å². The molecule has 0 amide bonds. The fourth-order valence-electron chi connectivity index (χ4n) is 2.00. The van der Waals surface area contributed by atoms with E-state index in [-0.39, 0.29) is 11.3 Å². The van der Waals surface area contributed by atoms with Gasteiger partial charge in [0.25, 0.3) is 0 Å². The number of hydrogen-bond donors (Lipinski definition) is 1. The molecule has 0 aliphatic carbocycles.